The quantitative estimate of drug-likeness (QED) is 0.913. The van der Waals surface area contributed by atoms with Crippen LogP contribution in [0, 0.1) is 0 Å². The lowest BCUT2D eigenvalue weighted by atomic mass is 10.2. The van der Waals surface area contributed by atoms with Crippen LogP contribution in [0.2, 0.25) is 0 Å². The predicted octanol–water partition coefficient (Wildman–Crippen LogP) is 2.82. The van der Waals surface area contributed by atoms with Crippen molar-refractivity contribution in [2.75, 3.05) is 11.4 Å². The highest BCUT2D eigenvalue weighted by molar-refractivity contribution is 5.91. The van der Waals surface area contributed by atoms with Crippen LogP contribution in [0.25, 0.3) is 0 Å². The number of rotatable bonds is 4. The number of nitrogens with zero attached hydrogens (tertiary/aromatic N) is 2. The summed E-state index contributed by atoms with van der Waals surface area (Å²) in [6, 6.07) is 13.3. The monoisotopic (exact) mass is 255 g/mol. The summed E-state index contributed by atoms with van der Waals surface area (Å²) in [5.41, 5.74) is 1.93. The van der Waals surface area contributed by atoms with Gasteiger partial charge >= 0.3 is 6.03 Å². The summed E-state index contributed by atoms with van der Waals surface area (Å²) in [6.07, 6.45) is 3.44. The molecule has 0 saturated carbocycles. The zero-order valence-corrected chi connectivity index (χ0v) is 10.9. The molecule has 0 saturated heterocycles. The Balaban J connectivity index is 1.98. The van der Waals surface area contributed by atoms with Crippen LogP contribution in [0.1, 0.15) is 12.5 Å². The minimum absolute atomic E-state index is 0.0921. The first-order valence-electron chi connectivity index (χ1n) is 6.30. The Bertz CT molecular complexity index is 513. The molecule has 0 aliphatic carbocycles. The highest BCUT2D eigenvalue weighted by atomic mass is 16.2. The number of amides is 2. The summed E-state index contributed by atoms with van der Waals surface area (Å²) in [5.74, 6) is 0. The molecule has 0 radical (unpaired) electrons. The van der Waals surface area contributed by atoms with Crippen LogP contribution in [0.15, 0.2) is 54.9 Å². The van der Waals surface area contributed by atoms with Crippen molar-refractivity contribution in [2.45, 2.75) is 13.5 Å². The van der Waals surface area contributed by atoms with Gasteiger partial charge in [0.15, 0.2) is 0 Å². The lowest BCUT2D eigenvalue weighted by molar-refractivity contribution is 0.246. The molecule has 1 aromatic carbocycles. The maximum atomic E-state index is 12.1. The fourth-order valence-electron chi connectivity index (χ4n) is 1.83. The maximum Gasteiger partial charge on any atom is 0.322 e. The Morgan fingerprint density at radius 2 is 1.84 bits per heavy atom. The smallest absolute Gasteiger partial charge is 0.322 e. The van der Waals surface area contributed by atoms with Gasteiger partial charge in [-0.15, -0.1) is 0 Å². The number of hydrogen-bond donors (Lipinski definition) is 1. The summed E-state index contributed by atoms with van der Waals surface area (Å²) in [5, 5.41) is 2.91. The van der Waals surface area contributed by atoms with Crippen LogP contribution < -0.4 is 10.2 Å². The number of hydrogen-bond acceptors (Lipinski definition) is 2. The highest BCUT2D eigenvalue weighted by Crippen LogP contribution is 2.12. The molecule has 0 bridgehead atoms. The second-order valence-corrected chi connectivity index (χ2v) is 4.09. The molecule has 0 fully saturated rings. The van der Waals surface area contributed by atoms with E-state index in [1.54, 1.807) is 17.3 Å². The minimum atomic E-state index is -0.0921. The summed E-state index contributed by atoms with van der Waals surface area (Å²) in [4.78, 5) is 17.8. The van der Waals surface area contributed by atoms with Crippen molar-refractivity contribution in [3.8, 4) is 0 Å². The third kappa shape index (κ3) is 3.55. The van der Waals surface area contributed by atoms with Gasteiger partial charge in [-0.1, -0.05) is 18.2 Å². The van der Waals surface area contributed by atoms with Crippen LogP contribution in [0.5, 0.6) is 0 Å². The van der Waals surface area contributed by atoms with Crippen molar-refractivity contribution in [3.63, 3.8) is 0 Å². The zero-order chi connectivity index (χ0) is 13.5. The third-order valence-corrected chi connectivity index (χ3v) is 2.82. The Morgan fingerprint density at radius 1 is 1.16 bits per heavy atom. The van der Waals surface area contributed by atoms with Crippen LogP contribution in [-0.2, 0) is 6.54 Å². The second-order valence-electron chi connectivity index (χ2n) is 4.09. The molecule has 1 aromatic heterocycles. The largest absolute Gasteiger partial charge is 0.334 e. The van der Waals surface area contributed by atoms with Crippen molar-refractivity contribution >= 4 is 11.7 Å². The summed E-state index contributed by atoms with van der Waals surface area (Å²) in [7, 11) is 0. The van der Waals surface area contributed by atoms with Crippen LogP contribution >= 0.6 is 0 Å². The van der Waals surface area contributed by atoms with Crippen LogP contribution in [-0.4, -0.2) is 17.6 Å². The summed E-state index contributed by atoms with van der Waals surface area (Å²) < 4.78 is 0. The molecule has 19 heavy (non-hydrogen) atoms. The molecule has 4 heteroatoms. The van der Waals surface area contributed by atoms with Gasteiger partial charge in [0.2, 0.25) is 0 Å². The molecule has 0 spiro atoms. The molecule has 0 aliphatic heterocycles. The molecule has 1 N–H and O–H groups in total. The predicted molar refractivity (Wildman–Crippen MR) is 75.9 cm³/mol. The molecule has 4 nitrogen and oxygen atoms in total. The number of para-hydroxylation sites is 1. The fraction of sp³-hybridized carbons (Fsp3) is 0.200. The molecular formula is C15H17N3O. The lowest BCUT2D eigenvalue weighted by Crippen LogP contribution is -2.39. The van der Waals surface area contributed by atoms with E-state index >= 15 is 0 Å². The van der Waals surface area contributed by atoms with Crippen molar-refractivity contribution < 1.29 is 4.79 Å². The second kappa shape index (κ2) is 6.54. The van der Waals surface area contributed by atoms with E-state index in [0.29, 0.717) is 13.1 Å². The molecule has 2 rings (SSSR count). The Labute approximate surface area is 113 Å². The molecule has 0 aliphatic rings. The molecule has 0 atom stereocenters. The summed E-state index contributed by atoms with van der Waals surface area (Å²) in [6.45, 7) is 3.09. The number of urea groups is 1. The Kier molecular flexibility index (Phi) is 4.50. The molecule has 98 valence electrons. The highest BCUT2D eigenvalue weighted by Gasteiger charge is 2.12. The third-order valence-electron chi connectivity index (χ3n) is 2.82. The normalized spacial score (nSPS) is 9.95. The number of benzene rings is 1. The number of carbonyl (C=O) groups excluding carboxylic acids is 1. The first-order chi connectivity index (χ1) is 9.31. The topological polar surface area (TPSA) is 45.2 Å². The van der Waals surface area contributed by atoms with Crippen LogP contribution in [0.4, 0.5) is 10.5 Å². The van der Waals surface area contributed by atoms with Gasteiger partial charge in [-0.3, -0.25) is 9.88 Å². The average molecular weight is 255 g/mol. The van der Waals surface area contributed by atoms with E-state index in [4.69, 9.17) is 0 Å². The lowest BCUT2D eigenvalue weighted by Gasteiger charge is -2.21. The van der Waals surface area contributed by atoms with Gasteiger partial charge in [0.05, 0.1) is 0 Å². The van der Waals surface area contributed by atoms with E-state index in [1.165, 1.54) is 0 Å². The van der Waals surface area contributed by atoms with Gasteiger partial charge in [0, 0.05) is 31.2 Å². The standard InChI is InChI=1S/C15H17N3O/c1-2-18(14-6-4-3-5-7-14)15(19)17-12-13-8-10-16-11-9-13/h3-11H,2,12H2,1H3,(H,17,19). The average Bonchev–Trinajstić information content (AvgIpc) is 2.48. The fourth-order valence-corrected chi connectivity index (χ4v) is 1.83. The van der Waals surface area contributed by atoms with Gasteiger partial charge in [-0.05, 0) is 36.8 Å². The maximum absolute atomic E-state index is 12.1. The first kappa shape index (κ1) is 13.1. The molecule has 2 amide bonds. The van der Waals surface area contributed by atoms with Gasteiger partial charge < -0.3 is 5.32 Å². The van der Waals surface area contributed by atoms with E-state index in [9.17, 15) is 4.79 Å². The molecule has 1 heterocycles. The van der Waals surface area contributed by atoms with Gasteiger partial charge in [0.25, 0.3) is 0 Å². The molecule has 2 aromatic rings. The number of aromatic nitrogens is 1. The number of anilines is 1. The Hall–Kier alpha value is -2.36. The van der Waals surface area contributed by atoms with E-state index < -0.39 is 0 Å². The van der Waals surface area contributed by atoms with E-state index in [0.717, 1.165) is 11.3 Å². The van der Waals surface area contributed by atoms with E-state index in [-0.39, 0.29) is 6.03 Å². The van der Waals surface area contributed by atoms with Crippen molar-refractivity contribution in [1.29, 1.82) is 0 Å². The number of pyridine rings is 1. The Morgan fingerprint density at radius 3 is 2.47 bits per heavy atom. The van der Waals surface area contributed by atoms with Gasteiger partial charge in [-0.25, -0.2) is 4.79 Å². The van der Waals surface area contributed by atoms with Gasteiger partial charge in [0.1, 0.15) is 0 Å². The van der Waals surface area contributed by atoms with Crippen molar-refractivity contribution in [2.24, 2.45) is 0 Å². The van der Waals surface area contributed by atoms with Crippen molar-refractivity contribution in [1.82, 2.24) is 10.3 Å². The number of carbonyl (C=O) groups is 1. The van der Waals surface area contributed by atoms with Gasteiger partial charge in [-0.2, -0.15) is 0 Å². The zero-order valence-electron chi connectivity index (χ0n) is 10.9. The minimum Gasteiger partial charge on any atom is -0.334 e. The van der Waals surface area contributed by atoms with Crippen LogP contribution in [0.3, 0.4) is 0 Å². The number of nitrogens with one attached hydrogen (secondary N) is 1. The molecule has 0 unspecified atom stereocenters. The summed E-state index contributed by atoms with van der Waals surface area (Å²) >= 11 is 0. The SMILES string of the molecule is CCN(C(=O)NCc1ccncc1)c1ccccc1. The first-order valence-corrected chi connectivity index (χ1v) is 6.30. The molecular weight excluding hydrogens is 238 g/mol. The van der Waals surface area contributed by atoms with E-state index in [1.807, 2.05) is 49.4 Å². The van der Waals surface area contributed by atoms with Crippen molar-refractivity contribution in [3.05, 3.63) is 60.4 Å². The van der Waals surface area contributed by atoms with E-state index in [2.05, 4.69) is 10.3 Å².